The van der Waals surface area contributed by atoms with Crippen LogP contribution in [0.5, 0.6) is 0 Å². The van der Waals surface area contributed by atoms with Crippen molar-refractivity contribution in [1.29, 1.82) is 0 Å². The summed E-state index contributed by atoms with van der Waals surface area (Å²) in [5.41, 5.74) is 0. The lowest BCUT2D eigenvalue weighted by Gasteiger charge is -2.24. The average molecular weight is 1040 g/mol. The standard InChI is InChI=1S/C62H118NO8P/c1-6-8-10-12-14-16-18-20-22-24-26-28-30-31-33-34-36-38-40-42-44-46-48-50-52-54-61(64)68-58-60(59-70-72(66,67)69-57-56-63(3,4)5)71-62(65)55-53-51-49-47-45-43-41-39-37-35-32-29-27-25-23-21-19-17-15-13-11-9-7-2/h19,21,25,27,32,35,60H,6-18,20,22-24,26,28-31,33-34,36-59H2,1-5H3/p+1/b21-19-,27-25-,35-32-. The number of nitrogens with zero attached hydrogens (tertiary/aromatic N) is 1. The van der Waals surface area contributed by atoms with Crippen molar-refractivity contribution in [2.24, 2.45) is 0 Å². The minimum atomic E-state index is -4.39. The van der Waals surface area contributed by atoms with Gasteiger partial charge < -0.3 is 18.9 Å². The van der Waals surface area contributed by atoms with E-state index in [1.807, 2.05) is 21.1 Å². The molecule has 0 fully saturated rings. The van der Waals surface area contributed by atoms with Crippen molar-refractivity contribution in [1.82, 2.24) is 0 Å². The first-order valence-electron chi connectivity index (χ1n) is 30.7. The Hall–Kier alpha value is -1.77. The Balaban J connectivity index is 4.12. The molecule has 0 aliphatic rings. The molecule has 0 heterocycles. The Kier molecular flexibility index (Phi) is 52.7. The van der Waals surface area contributed by atoms with Crippen LogP contribution >= 0.6 is 7.82 Å². The van der Waals surface area contributed by atoms with E-state index in [-0.39, 0.29) is 25.6 Å². The Labute approximate surface area is 446 Å². The van der Waals surface area contributed by atoms with Gasteiger partial charge in [0.1, 0.15) is 19.8 Å². The van der Waals surface area contributed by atoms with Gasteiger partial charge in [-0.3, -0.25) is 18.6 Å². The zero-order valence-electron chi connectivity index (χ0n) is 48.2. The maximum atomic E-state index is 12.8. The molecule has 0 aromatic rings. The van der Waals surface area contributed by atoms with E-state index in [9.17, 15) is 19.0 Å². The van der Waals surface area contributed by atoms with Gasteiger partial charge in [-0.15, -0.1) is 0 Å². The third-order valence-corrected chi connectivity index (χ3v) is 14.7. The molecule has 0 aromatic carbocycles. The number of ether oxygens (including phenoxy) is 2. The summed E-state index contributed by atoms with van der Waals surface area (Å²) in [6.07, 6.45) is 66.5. The van der Waals surface area contributed by atoms with E-state index in [2.05, 4.69) is 50.3 Å². The molecule has 0 spiro atoms. The van der Waals surface area contributed by atoms with Crippen LogP contribution in [0.25, 0.3) is 0 Å². The van der Waals surface area contributed by atoms with E-state index in [1.54, 1.807) is 0 Å². The lowest BCUT2D eigenvalue weighted by Crippen LogP contribution is -2.37. The van der Waals surface area contributed by atoms with Crippen LogP contribution in [0.4, 0.5) is 0 Å². The van der Waals surface area contributed by atoms with E-state index in [0.717, 1.165) is 57.8 Å². The number of rotatable bonds is 57. The zero-order valence-corrected chi connectivity index (χ0v) is 49.1. The molecule has 0 aliphatic heterocycles. The van der Waals surface area contributed by atoms with Gasteiger partial charge in [-0.25, -0.2) is 4.57 Å². The van der Waals surface area contributed by atoms with Crippen LogP contribution in [0.2, 0.25) is 0 Å². The third-order valence-electron chi connectivity index (χ3n) is 13.7. The SMILES string of the molecule is CCCCCCC/C=C\C/C=C\C/C=C\CCCCCCCCCCC(=O)OC(COC(=O)CCCCCCCCCCCCCCCCCCCCCCCCCCC)COP(=O)(O)OCC[N+](C)(C)C. The molecule has 1 N–H and O–H groups in total. The van der Waals surface area contributed by atoms with Crippen LogP contribution in [0.15, 0.2) is 36.5 Å². The summed E-state index contributed by atoms with van der Waals surface area (Å²) in [6.45, 7) is 4.46. The predicted molar refractivity (Wildman–Crippen MR) is 307 cm³/mol. The predicted octanol–water partition coefficient (Wildman–Crippen LogP) is 19.2. The Bertz CT molecular complexity index is 1310. The lowest BCUT2D eigenvalue weighted by molar-refractivity contribution is -0.870. The molecule has 10 heteroatoms. The molecule has 0 saturated carbocycles. The molecule has 2 unspecified atom stereocenters. The van der Waals surface area contributed by atoms with Gasteiger partial charge in [-0.2, -0.15) is 0 Å². The van der Waals surface area contributed by atoms with Crippen LogP contribution in [0.3, 0.4) is 0 Å². The van der Waals surface area contributed by atoms with E-state index in [0.29, 0.717) is 23.9 Å². The molecule has 0 amide bonds. The smallest absolute Gasteiger partial charge is 0.462 e. The molecule has 0 saturated heterocycles. The quantitative estimate of drug-likeness (QED) is 0.0211. The molecular formula is C62H119NO8P+. The first-order chi connectivity index (χ1) is 35.0. The molecule has 2 atom stereocenters. The minimum absolute atomic E-state index is 0.0314. The van der Waals surface area contributed by atoms with E-state index in [4.69, 9.17) is 18.5 Å². The number of hydrogen-bond donors (Lipinski definition) is 1. The highest BCUT2D eigenvalue weighted by molar-refractivity contribution is 7.47. The molecule has 0 aromatic heterocycles. The van der Waals surface area contributed by atoms with Crippen LogP contribution in [0.1, 0.15) is 296 Å². The van der Waals surface area contributed by atoms with Gasteiger partial charge in [0.2, 0.25) is 0 Å². The summed E-state index contributed by atoms with van der Waals surface area (Å²) in [5, 5.41) is 0. The number of phosphoric ester groups is 1. The van der Waals surface area contributed by atoms with Crippen LogP contribution in [-0.2, 0) is 32.7 Å². The van der Waals surface area contributed by atoms with Gasteiger partial charge in [-0.1, -0.05) is 269 Å². The molecule has 72 heavy (non-hydrogen) atoms. The second-order valence-corrected chi connectivity index (χ2v) is 23.6. The number of allylic oxidation sites excluding steroid dienone is 6. The number of esters is 2. The maximum absolute atomic E-state index is 12.8. The largest absolute Gasteiger partial charge is 0.472 e. The second-order valence-electron chi connectivity index (χ2n) is 22.1. The van der Waals surface area contributed by atoms with Gasteiger partial charge in [0.05, 0.1) is 27.7 Å². The van der Waals surface area contributed by atoms with Crippen LogP contribution in [-0.4, -0.2) is 74.9 Å². The summed E-state index contributed by atoms with van der Waals surface area (Å²) in [5.74, 6) is -0.791. The summed E-state index contributed by atoms with van der Waals surface area (Å²) in [4.78, 5) is 35.7. The third kappa shape index (κ3) is 57.5. The molecule has 9 nitrogen and oxygen atoms in total. The number of unbranched alkanes of at least 4 members (excludes halogenated alkanes) is 37. The summed E-state index contributed by atoms with van der Waals surface area (Å²) in [6, 6.07) is 0. The van der Waals surface area contributed by atoms with Crippen molar-refractivity contribution in [3.05, 3.63) is 36.5 Å². The number of hydrogen-bond acceptors (Lipinski definition) is 7. The van der Waals surface area contributed by atoms with E-state index < -0.39 is 26.5 Å². The van der Waals surface area contributed by atoms with Crippen LogP contribution < -0.4 is 0 Å². The highest BCUT2D eigenvalue weighted by Crippen LogP contribution is 2.43. The molecule has 0 radical (unpaired) electrons. The first kappa shape index (κ1) is 70.2. The summed E-state index contributed by atoms with van der Waals surface area (Å²) in [7, 11) is 1.48. The van der Waals surface area contributed by atoms with Crippen molar-refractivity contribution in [3.63, 3.8) is 0 Å². The lowest BCUT2D eigenvalue weighted by atomic mass is 10.0. The fourth-order valence-electron chi connectivity index (χ4n) is 8.91. The average Bonchev–Trinajstić information content (AvgIpc) is 3.34. The van der Waals surface area contributed by atoms with Gasteiger partial charge in [0.25, 0.3) is 0 Å². The molecule has 0 aliphatic carbocycles. The van der Waals surface area contributed by atoms with Crippen molar-refractivity contribution in [3.8, 4) is 0 Å². The molecule has 0 bridgehead atoms. The first-order valence-corrected chi connectivity index (χ1v) is 32.2. The number of carbonyl (C=O) groups excluding carboxylic acids is 2. The van der Waals surface area contributed by atoms with Gasteiger partial charge in [0.15, 0.2) is 6.10 Å². The zero-order chi connectivity index (χ0) is 52.7. The van der Waals surface area contributed by atoms with Gasteiger partial charge in [0, 0.05) is 12.8 Å². The second kappa shape index (κ2) is 54.0. The monoisotopic (exact) mass is 1040 g/mol. The Morgan fingerprint density at radius 1 is 0.431 bits per heavy atom. The molecule has 424 valence electrons. The van der Waals surface area contributed by atoms with Gasteiger partial charge >= 0.3 is 19.8 Å². The van der Waals surface area contributed by atoms with Crippen molar-refractivity contribution in [2.75, 3.05) is 47.5 Å². The van der Waals surface area contributed by atoms with E-state index in [1.165, 1.54) is 205 Å². The summed E-state index contributed by atoms with van der Waals surface area (Å²) >= 11 is 0. The van der Waals surface area contributed by atoms with Crippen molar-refractivity contribution >= 4 is 19.8 Å². The number of carbonyl (C=O) groups is 2. The number of phosphoric acid groups is 1. The maximum Gasteiger partial charge on any atom is 0.472 e. The summed E-state index contributed by atoms with van der Waals surface area (Å²) < 4.78 is 34.6. The Morgan fingerprint density at radius 2 is 0.750 bits per heavy atom. The fraction of sp³-hybridized carbons (Fsp3) is 0.871. The molecular weight excluding hydrogens is 918 g/mol. The number of likely N-dealkylation sites (N-methyl/N-ethyl adjacent to an activating group) is 1. The van der Waals surface area contributed by atoms with Gasteiger partial charge in [-0.05, 0) is 51.4 Å². The van der Waals surface area contributed by atoms with Crippen molar-refractivity contribution < 1.29 is 42.1 Å². The van der Waals surface area contributed by atoms with E-state index >= 15 is 0 Å². The van der Waals surface area contributed by atoms with Crippen LogP contribution in [0, 0.1) is 0 Å². The minimum Gasteiger partial charge on any atom is -0.462 e. The Morgan fingerprint density at radius 3 is 1.11 bits per heavy atom. The highest BCUT2D eigenvalue weighted by atomic mass is 31.2. The van der Waals surface area contributed by atoms with Crippen molar-refractivity contribution in [2.45, 2.75) is 302 Å². The topological polar surface area (TPSA) is 108 Å². The highest BCUT2D eigenvalue weighted by Gasteiger charge is 2.27. The normalized spacial score (nSPS) is 13.5. The fourth-order valence-corrected chi connectivity index (χ4v) is 9.65. The number of quaternary nitrogens is 1. The molecule has 0 rings (SSSR count).